The van der Waals surface area contributed by atoms with Gasteiger partial charge in [0.05, 0.1) is 6.61 Å². The van der Waals surface area contributed by atoms with E-state index in [9.17, 15) is 9.59 Å². The molecule has 0 atom stereocenters. The molecule has 0 heterocycles. The summed E-state index contributed by atoms with van der Waals surface area (Å²) >= 11 is 0. The fraction of sp³-hybridized carbons (Fsp3) is 0.226. The van der Waals surface area contributed by atoms with Crippen molar-refractivity contribution in [3.8, 4) is 39.5 Å². The Morgan fingerprint density at radius 3 is 1.95 bits per heavy atom. The first kappa shape index (κ1) is 29.1. The molecule has 0 bridgehead atoms. The number of rotatable bonds is 13. The summed E-state index contributed by atoms with van der Waals surface area (Å²) in [6.07, 6.45) is 0. The van der Waals surface area contributed by atoms with Crippen molar-refractivity contribution in [2.24, 2.45) is 0 Å². The van der Waals surface area contributed by atoms with E-state index in [0.29, 0.717) is 58.3 Å². The van der Waals surface area contributed by atoms with Crippen molar-refractivity contribution in [2.45, 2.75) is 13.8 Å². The standard InChI is InChI=1S/C31H31FO7/c1-20(2)30(33)38-17-16-37-29-19-24(9-13-28(29)36-15-14-35-5)23-8-12-26(27(32)18-23)22-6-10-25(11-7-22)39-31(34)21(3)4/h6-13,18-19H,1,3,14-17H2,2,4-5H3. The number of ether oxygens (including phenoxy) is 5. The zero-order valence-corrected chi connectivity index (χ0v) is 22.3. The molecule has 39 heavy (non-hydrogen) atoms. The maximum Gasteiger partial charge on any atom is 0.338 e. The molecule has 204 valence electrons. The third kappa shape index (κ3) is 8.28. The smallest absolute Gasteiger partial charge is 0.338 e. The van der Waals surface area contributed by atoms with E-state index >= 15 is 4.39 Å². The van der Waals surface area contributed by atoms with Crippen LogP contribution in [-0.4, -0.2) is 45.5 Å². The maximum absolute atomic E-state index is 15.2. The fourth-order valence-corrected chi connectivity index (χ4v) is 3.39. The van der Waals surface area contributed by atoms with Crippen LogP contribution in [0, 0.1) is 5.82 Å². The van der Waals surface area contributed by atoms with Crippen LogP contribution in [-0.2, 0) is 19.1 Å². The van der Waals surface area contributed by atoms with Crippen molar-refractivity contribution in [2.75, 3.05) is 33.5 Å². The first-order valence-electron chi connectivity index (χ1n) is 12.2. The number of esters is 2. The molecular formula is C31H31FO7. The topological polar surface area (TPSA) is 80.3 Å². The highest BCUT2D eigenvalue weighted by Crippen LogP contribution is 2.35. The van der Waals surface area contributed by atoms with E-state index < -0.39 is 17.8 Å². The van der Waals surface area contributed by atoms with Crippen LogP contribution in [0.4, 0.5) is 4.39 Å². The molecule has 0 saturated carbocycles. The predicted octanol–water partition coefficient (Wildman–Crippen LogP) is 6.16. The molecule has 0 N–H and O–H groups in total. The lowest BCUT2D eigenvalue weighted by Gasteiger charge is -2.15. The lowest BCUT2D eigenvalue weighted by Crippen LogP contribution is -2.13. The van der Waals surface area contributed by atoms with Gasteiger partial charge in [-0.3, -0.25) is 0 Å². The molecule has 0 aliphatic carbocycles. The molecule has 0 aliphatic rings. The monoisotopic (exact) mass is 534 g/mol. The Bertz CT molecular complexity index is 1350. The van der Waals surface area contributed by atoms with Gasteiger partial charge in [-0.15, -0.1) is 0 Å². The van der Waals surface area contributed by atoms with Crippen LogP contribution in [0.15, 0.2) is 85.0 Å². The van der Waals surface area contributed by atoms with E-state index in [-0.39, 0.29) is 18.8 Å². The minimum Gasteiger partial charge on any atom is -0.487 e. The Hall–Kier alpha value is -4.43. The molecule has 0 saturated heterocycles. The minimum absolute atomic E-state index is 0.0297. The average Bonchev–Trinajstić information content (AvgIpc) is 2.92. The van der Waals surface area contributed by atoms with Gasteiger partial charge in [-0.2, -0.15) is 0 Å². The normalized spacial score (nSPS) is 10.5. The van der Waals surface area contributed by atoms with E-state index in [1.807, 2.05) is 0 Å². The first-order chi connectivity index (χ1) is 18.7. The highest BCUT2D eigenvalue weighted by Gasteiger charge is 2.13. The quantitative estimate of drug-likeness (QED) is 0.112. The summed E-state index contributed by atoms with van der Waals surface area (Å²) < 4.78 is 42.1. The van der Waals surface area contributed by atoms with Gasteiger partial charge in [-0.1, -0.05) is 43.5 Å². The van der Waals surface area contributed by atoms with E-state index in [1.165, 1.54) is 6.07 Å². The summed E-state index contributed by atoms with van der Waals surface area (Å²) in [6.45, 7) is 11.0. The number of carbonyl (C=O) groups excluding carboxylic acids is 2. The summed E-state index contributed by atoms with van der Waals surface area (Å²) in [4.78, 5) is 23.3. The predicted molar refractivity (Wildman–Crippen MR) is 146 cm³/mol. The average molecular weight is 535 g/mol. The van der Waals surface area contributed by atoms with Crippen LogP contribution in [0.25, 0.3) is 22.3 Å². The van der Waals surface area contributed by atoms with E-state index in [1.54, 1.807) is 75.6 Å². The van der Waals surface area contributed by atoms with Gasteiger partial charge in [0.1, 0.15) is 31.4 Å². The van der Waals surface area contributed by atoms with Gasteiger partial charge < -0.3 is 23.7 Å². The zero-order valence-electron chi connectivity index (χ0n) is 22.3. The second-order valence-corrected chi connectivity index (χ2v) is 8.66. The number of halogens is 1. The third-order valence-electron chi connectivity index (χ3n) is 5.44. The summed E-state index contributed by atoms with van der Waals surface area (Å²) in [5.41, 5.74) is 2.94. The molecule has 0 amide bonds. The molecule has 0 fully saturated rings. The second kappa shape index (κ2) is 13.9. The number of hydrogen-bond acceptors (Lipinski definition) is 7. The van der Waals surface area contributed by atoms with E-state index in [0.717, 1.165) is 0 Å². The van der Waals surface area contributed by atoms with Crippen LogP contribution in [0.2, 0.25) is 0 Å². The Morgan fingerprint density at radius 1 is 0.718 bits per heavy atom. The van der Waals surface area contributed by atoms with Crippen molar-refractivity contribution in [1.29, 1.82) is 0 Å². The largest absolute Gasteiger partial charge is 0.487 e. The molecule has 0 radical (unpaired) electrons. The molecule has 0 unspecified atom stereocenters. The Kier molecular flexibility index (Phi) is 10.4. The Labute approximate surface area is 227 Å². The van der Waals surface area contributed by atoms with Crippen LogP contribution in [0.3, 0.4) is 0 Å². The number of benzene rings is 3. The van der Waals surface area contributed by atoms with Gasteiger partial charge in [0.15, 0.2) is 11.5 Å². The van der Waals surface area contributed by atoms with Gasteiger partial charge >= 0.3 is 11.9 Å². The molecule has 7 nitrogen and oxygen atoms in total. The van der Waals surface area contributed by atoms with Gasteiger partial charge in [-0.25, -0.2) is 14.0 Å². The first-order valence-corrected chi connectivity index (χ1v) is 12.2. The van der Waals surface area contributed by atoms with Gasteiger partial charge in [0, 0.05) is 23.8 Å². The molecule has 0 spiro atoms. The lowest BCUT2D eigenvalue weighted by atomic mass is 9.99. The summed E-state index contributed by atoms with van der Waals surface area (Å²) in [7, 11) is 1.57. The minimum atomic E-state index is -0.523. The van der Waals surface area contributed by atoms with Crippen LogP contribution >= 0.6 is 0 Å². The highest BCUT2D eigenvalue weighted by atomic mass is 19.1. The van der Waals surface area contributed by atoms with Crippen molar-refractivity contribution in [3.63, 3.8) is 0 Å². The summed E-state index contributed by atoms with van der Waals surface area (Å²) in [5, 5.41) is 0. The number of methoxy groups -OCH3 is 1. The molecule has 3 rings (SSSR count). The van der Waals surface area contributed by atoms with E-state index in [4.69, 9.17) is 23.7 Å². The molecule has 0 aliphatic heterocycles. The molecule has 3 aromatic carbocycles. The Morgan fingerprint density at radius 2 is 1.31 bits per heavy atom. The number of hydrogen-bond donors (Lipinski definition) is 0. The van der Waals surface area contributed by atoms with Crippen LogP contribution < -0.4 is 14.2 Å². The van der Waals surface area contributed by atoms with Gasteiger partial charge in [0.25, 0.3) is 0 Å². The fourth-order valence-electron chi connectivity index (χ4n) is 3.39. The molecule has 0 aromatic heterocycles. The second-order valence-electron chi connectivity index (χ2n) is 8.66. The molecule has 8 heteroatoms. The lowest BCUT2D eigenvalue weighted by molar-refractivity contribution is -0.139. The van der Waals surface area contributed by atoms with Crippen molar-refractivity contribution in [1.82, 2.24) is 0 Å². The molecule has 3 aromatic rings. The number of carbonyl (C=O) groups is 2. The van der Waals surface area contributed by atoms with Crippen LogP contribution in [0.1, 0.15) is 13.8 Å². The SMILES string of the molecule is C=C(C)C(=O)OCCOc1cc(-c2ccc(-c3ccc(OC(=O)C(=C)C)cc3)c(F)c2)ccc1OCCOC. The summed E-state index contributed by atoms with van der Waals surface area (Å²) in [5.74, 6) is -0.204. The van der Waals surface area contributed by atoms with Gasteiger partial charge in [-0.05, 0) is 60.9 Å². The zero-order chi connectivity index (χ0) is 28.4. The summed E-state index contributed by atoms with van der Waals surface area (Å²) in [6, 6.07) is 16.7. The van der Waals surface area contributed by atoms with E-state index in [2.05, 4.69) is 13.2 Å². The highest BCUT2D eigenvalue weighted by molar-refractivity contribution is 5.89. The maximum atomic E-state index is 15.2. The van der Waals surface area contributed by atoms with Crippen LogP contribution in [0.5, 0.6) is 17.2 Å². The van der Waals surface area contributed by atoms with Gasteiger partial charge in [0.2, 0.25) is 0 Å². The van der Waals surface area contributed by atoms with Crippen molar-refractivity contribution >= 4 is 11.9 Å². The van der Waals surface area contributed by atoms with Crippen molar-refractivity contribution < 1.29 is 37.7 Å². The molecular weight excluding hydrogens is 503 g/mol. The third-order valence-corrected chi connectivity index (χ3v) is 5.44. The Balaban J connectivity index is 1.78. The van der Waals surface area contributed by atoms with Crippen molar-refractivity contribution in [3.05, 3.63) is 90.8 Å².